The van der Waals surface area contributed by atoms with E-state index in [1.165, 1.54) is 46.7 Å². The quantitative estimate of drug-likeness (QED) is 0.184. The van der Waals surface area contributed by atoms with E-state index in [2.05, 4.69) is 5.32 Å². The van der Waals surface area contributed by atoms with E-state index < -0.39 is 40.9 Å². The molecule has 3 heterocycles. The lowest BCUT2D eigenvalue weighted by molar-refractivity contribution is -0.148. The van der Waals surface area contributed by atoms with Crippen molar-refractivity contribution in [2.45, 2.75) is 76.3 Å². The van der Waals surface area contributed by atoms with Crippen molar-refractivity contribution in [1.82, 2.24) is 10.2 Å². The predicted octanol–water partition coefficient (Wildman–Crippen LogP) is 4.98. The van der Waals surface area contributed by atoms with Gasteiger partial charge in [-0.3, -0.25) is 32.9 Å². The first kappa shape index (κ1) is 30.2. The molecule has 3 rings (SSSR count). The molecule has 206 valence electrons. The number of carbonyl (C=O) groups is 3. The minimum absolute atomic E-state index is 0.0875. The van der Waals surface area contributed by atoms with E-state index >= 15 is 0 Å². The summed E-state index contributed by atoms with van der Waals surface area (Å²) in [6.45, 7) is 11.6. The van der Waals surface area contributed by atoms with Crippen LogP contribution >= 0.6 is 42.5 Å². The fraction of sp³-hybridized carbons (Fsp3) is 0.625. The van der Waals surface area contributed by atoms with Crippen LogP contribution in [0.3, 0.4) is 0 Å². The second kappa shape index (κ2) is 11.1. The van der Waals surface area contributed by atoms with Gasteiger partial charge in [0.1, 0.15) is 17.4 Å². The summed E-state index contributed by atoms with van der Waals surface area (Å²) in [5.74, 6) is -0.897. The van der Waals surface area contributed by atoms with Gasteiger partial charge < -0.3 is 10.1 Å². The van der Waals surface area contributed by atoms with Crippen LogP contribution in [-0.2, 0) is 39.2 Å². The summed E-state index contributed by atoms with van der Waals surface area (Å²) in [5, 5.41) is 4.28. The van der Waals surface area contributed by atoms with Gasteiger partial charge in [0.25, 0.3) is 5.91 Å². The molecule has 13 heteroatoms. The highest BCUT2D eigenvalue weighted by Crippen LogP contribution is 2.67. The molecule has 0 bridgehead atoms. The average Bonchev–Trinajstić information content (AvgIpc) is 3.25. The van der Waals surface area contributed by atoms with E-state index in [-0.39, 0.29) is 24.4 Å². The van der Waals surface area contributed by atoms with Crippen molar-refractivity contribution in [3.8, 4) is 0 Å². The molecular formula is C24H35N2O7PS3. The molecule has 2 amide bonds. The Bertz CT molecular complexity index is 1100. The Morgan fingerprint density at radius 2 is 1.84 bits per heavy atom. The number of nitrogens with zero attached hydrogens (tertiary/aromatic N) is 1. The molecule has 0 unspecified atom stereocenters. The SMILES string of the molecule is CS[C@@]1(NC(=O)Cc2cccs2)C(=O)N2C(P(=O)(OC(C)(C)C)OC(C)(C)C)=C(COC(C)=O)CS[C@@H]21. The molecule has 0 saturated carbocycles. The first-order valence-electron chi connectivity index (χ1n) is 11.7. The molecule has 0 spiro atoms. The van der Waals surface area contributed by atoms with Gasteiger partial charge in [-0.25, -0.2) is 0 Å². The zero-order chi connectivity index (χ0) is 27.8. The molecule has 37 heavy (non-hydrogen) atoms. The second-order valence-corrected chi connectivity index (χ2v) is 15.6. The van der Waals surface area contributed by atoms with E-state index in [0.29, 0.717) is 11.3 Å². The third kappa shape index (κ3) is 6.83. The highest BCUT2D eigenvalue weighted by Gasteiger charge is 2.67. The second-order valence-electron chi connectivity index (χ2n) is 10.7. The van der Waals surface area contributed by atoms with E-state index in [1.807, 2.05) is 17.5 Å². The number of hydrogen-bond acceptors (Lipinski definition) is 10. The van der Waals surface area contributed by atoms with Crippen molar-refractivity contribution in [1.29, 1.82) is 0 Å². The Kier molecular flexibility index (Phi) is 9.04. The van der Waals surface area contributed by atoms with Gasteiger partial charge in [0.15, 0.2) is 4.87 Å². The van der Waals surface area contributed by atoms with Crippen molar-refractivity contribution >= 4 is 60.2 Å². The van der Waals surface area contributed by atoms with Gasteiger partial charge in [-0.1, -0.05) is 6.07 Å². The molecule has 0 radical (unpaired) electrons. The lowest BCUT2D eigenvalue weighted by Crippen LogP contribution is -2.77. The number of amides is 2. The topological polar surface area (TPSA) is 111 Å². The van der Waals surface area contributed by atoms with Gasteiger partial charge in [-0.15, -0.1) is 34.9 Å². The van der Waals surface area contributed by atoms with Crippen molar-refractivity contribution in [2.75, 3.05) is 18.6 Å². The first-order chi connectivity index (χ1) is 17.0. The minimum Gasteiger partial charge on any atom is -0.461 e. The van der Waals surface area contributed by atoms with E-state index in [9.17, 15) is 18.9 Å². The molecule has 1 fully saturated rings. The Morgan fingerprint density at radius 1 is 1.22 bits per heavy atom. The summed E-state index contributed by atoms with van der Waals surface area (Å²) in [4.78, 5) is 39.4. The monoisotopic (exact) mass is 590 g/mol. The van der Waals surface area contributed by atoms with Crippen LogP contribution in [-0.4, -0.2) is 62.7 Å². The molecule has 9 nitrogen and oxygen atoms in total. The zero-order valence-corrected chi connectivity index (χ0v) is 25.8. The maximum Gasteiger partial charge on any atom is 0.378 e. The van der Waals surface area contributed by atoms with E-state index in [1.54, 1.807) is 47.8 Å². The van der Waals surface area contributed by atoms with Gasteiger partial charge >= 0.3 is 13.6 Å². The van der Waals surface area contributed by atoms with Crippen LogP contribution in [0.5, 0.6) is 0 Å². The van der Waals surface area contributed by atoms with Crippen LogP contribution in [0, 0.1) is 0 Å². The molecule has 1 saturated heterocycles. The highest BCUT2D eigenvalue weighted by molar-refractivity contribution is 8.05. The molecule has 1 aromatic rings. The van der Waals surface area contributed by atoms with Crippen molar-refractivity contribution in [2.24, 2.45) is 0 Å². The van der Waals surface area contributed by atoms with E-state index in [4.69, 9.17) is 13.8 Å². The molecule has 1 aromatic heterocycles. The van der Waals surface area contributed by atoms with Crippen molar-refractivity contribution in [3.05, 3.63) is 33.4 Å². The van der Waals surface area contributed by atoms with Gasteiger partial charge in [0.05, 0.1) is 17.6 Å². The predicted molar refractivity (Wildman–Crippen MR) is 148 cm³/mol. The Balaban J connectivity index is 2.04. The van der Waals surface area contributed by atoms with Gasteiger partial charge in [0.2, 0.25) is 5.91 Å². The summed E-state index contributed by atoms with van der Waals surface area (Å²) >= 11 is 4.11. The van der Waals surface area contributed by atoms with E-state index in [0.717, 1.165) is 4.88 Å². The maximum absolute atomic E-state index is 14.6. The number of thiophene rings is 1. The summed E-state index contributed by atoms with van der Waals surface area (Å²) in [6, 6.07) is 3.74. The number of ether oxygens (including phenoxy) is 1. The number of hydrogen-bond donors (Lipinski definition) is 1. The smallest absolute Gasteiger partial charge is 0.378 e. The third-order valence-electron chi connectivity index (χ3n) is 5.14. The molecule has 0 aromatic carbocycles. The fourth-order valence-electron chi connectivity index (χ4n) is 3.94. The number of fused-ring (bicyclic) bond motifs is 1. The average molecular weight is 591 g/mol. The molecule has 2 aliphatic heterocycles. The molecular weight excluding hydrogens is 555 g/mol. The summed E-state index contributed by atoms with van der Waals surface area (Å²) in [7, 11) is -4.12. The number of nitrogens with one attached hydrogen (secondary N) is 1. The number of β-lactam (4-membered cyclic amide) rings is 1. The van der Waals surface area contributed by atoms with Crippen molar-refractivity contribution in [3.63, 3.8) is 0 Å². The van der Waals surface area contributed by atoms with Crippen LogP contribution in [0.25, 0.3) is 0 Å². The molecule has 2 aliphatic rings. The number of rotatable bonds is 9. The summed E-state index contributed by atoms with van der Waals surface area (Å²) < 4.78 is 32.0. The lowest BCUT2D eigenvalue weighted by atomic mass is 10.1. The minimum atomic E-state index is -4.12. The van der Waals surface area contributed by atoms with Crippen LogP contribution in [0.4, 0.5) is 0 Å². The largest absolute Gasteiger partial charge is 0.461 e. The van der Waals surface area contributed by atoms with Gasteiger partial charge in [0, 0.05) is 23.1 Å². The molecule has 2 atom stereocenters. The zero-order valence-electron chi connectivity index (χ0n) is 22.4. The summed E-state index contributed by atoms with van der Waals surface area (Å²) in [5.41, 5.74) is -1.19. The highest BCUT2D eigenvalue weighted by atomic mass is 32.2. The first-order valence-corrected chi connectivity index (χ1v) is 16.4. The van der Waals surface area contributed by atoms with Crippen LogP contribution in [0.2, 0.25) is 0 Å². The lowest BCUT2D eigenvalue weighted by Gasteiger charge is -2.57. The number of thioether (sulfide) groups is 2. The summed E-state index contributed by atoms with van der Waals surface area (Å²) in [6.07, 6.45) is 1.92. The number of esters is 1. The van der Waals surface area contributed by atoms with Crippen LogP contribution in [0.1, 0.15) is 53.3 Å². The van der Waals surface area contributed by atoms with Crippen molar-refractivity contribution < 1.29 is 32.7 Å². The Hall–Kier alpha value is -1.30. The molecule has 1 N–H and O–H groups in total. The van der Waals surface area contributed by atoms with Gasteiger partial charge in [-0.05, 0) is 59.2 Å². The van der Waals surface area contributed by atoms with Crippen LogP contribution < -0.4 is 5.32 Å². The normalized spacial score (nSPS) is 22.4. The fourth-order valence-corrected chi connectivity index (χ4v) is 10.1. The molecule has 0 aliphatic carbocycles. The number of carbonyl (C=O) groups excluding carboxylic acids is 3. The third-order valence-corrected chi connectivity index (χ3v) is 11.3. The Morgan fingerprint density at radius 3 is 2.32 bits per heavy atom. The Labute approximate surface area is 231 Å². The standard InChI is InChI=1S/C24H35N2O7PS3/c1-15(27)31-13-16-14-37-21-24(35-8,25-18(28)12-17-10-9-11-36-17)20(29)26(21)19(16)34(30,32-22(2,3)4)33-23(5,6)7/h9-11,21H,12-14H2,1-8H3,(H,25,28)/t21-,24+/m1/s1. The van der Waals surface area contributed by atoms with Gasteiger partial charge in [-0.2, -0.15) is 0 Å². The maximum atomic E-state index is 14.6. The van der Waals surface area contributed by atoms with Crippen LogP contribution in [0.15, 0.2) is 28.5 Å².